The van der Waals surface area contributed by atoms with Gasteiger partial charge in [-0.1, -0.05) is 12.8 Å². The van der Waals surface area contributed by atoms with E-state index < -0.39 is 0 Å². The molecule has 2 saturated heterocycles. The molecule has 0 radical (unpaired) electrons. The van der Waals surface area contributed by atoms with Gasteiger partial charge >= 0.3 is 0 Å². The van der Waals surface area contributed by atoms with Crippen molar-refractivity contribution in [2.45, 2.75) is 38.5 Å². The van der Waals surface area contributed by atoms with Crippen LogP contribution in [-0.2, 0) is 4.79 Å². The molecule has 5 rings (SSSR count). The lowest BCUT2D eigenvalue weighted by Crippen LogP contribution is -2.42. The lowest BCUT2D eigenvalue weighted by Gasteiger charge is -2.34. The van der Waals surface area contributed by atoms with Gasteiger partial charge in [0.15, 0.2) is 0 Å². The number of hydrogen-bond acceptors (Lipinski definition) is 4. The van der Waals surface area contributed by atoms with Crippen LogP contribution < -0.4 is 4.90 Å². The number of pyridine rings is 1. The second-order valence-electron chi connectivity index (χ2n) is 8.28. The number of hydrogen-bond donors (Lipinski definition) is 0. The molecule has 3 fully saturated rings. The first kappa shape index (κ1) is 16.2. The molecule has 2 aromatic heterocycles. The van der Waals surface area contributed by atoms with Crippen molar-refractivity contribution < 1.29 is 9.21 Å². The first-order chi connectivity index (χ1) is 12.8. The summed E-state index contributed by atoms with van der Waals surface area (Å²) in [6.07, 6.45) is 10.8. The maximum atomic E-state index is 13.0. The van der Waals surface area contributed by atoms with E-state index in [0.29, 0.717) is 5.91 Å². The lowest BCUT2D eigenvalue weighted by atomic mass is 9.82. The van der Waals surface area contributed by atoms with Crippen molar-refractivity contribution in [1.29, 1.82) is 0 Å². The third-order valence-corrected chi connectivity index (χ3v) is 6.79. The number of likely N-dealkylation sites (tertiary alicyclic amines) is 1. The molecule has 1 saturated carbocycles. The number of rotatable bonds is 2. The number of piperidine rings is 1. The summed E-state index contributed by atoms with van der Waals surface area (Å²) >= 11 is 0. The van der Waals surface area contributed by atoms with Crippen molar-refractivity contribution >= 4 is 22.7 Å². The van der Waals surface area contributed by atoms with Crippen molar-refractivity contribution in [2.24, 2.45) is 17.8 Å². The normalized spacial score (nSPS) is 27.1. The van der Waals surface area contributed by atoms with Crippen LogP contribution >= 0.6 is 0 Å². The summed E-state index contributed by atoms with van der Waals surface area (Å²) in [6, 6.07) is 3.89. The Balaban J connectivity index is 1.23. The van der Waals surface area contributed by atoms with E-state index in [1.807, 2.05) is 18.3 Å². The highest BCUT2D eigenvalue weighted by Gasteiger charge is 2.39. The number of carbonyl (C=O) groups is 1. The van der Waals surface area contributed by atoms with E-state index >= 15 is 0 Å². The van der Waals surface area contributed by atoms with E-state index in [0.717, 1.165) is 67.6 Å². The van der Waals surface area contributed by atoms with E-state index in [1.165, 1.54) is 25.7 Å². The summed E-state index contributed by atoms with van der Waals surface area (Å²) in [7, 11) is 0. The Morgan fingerprint density at radius 2 is 1.77 bits per heavy atom. The SMILES string of the molecule is O=C(C1CCN(c2nccc3occc23)CC1)N1CC2CCCCC2C1. The summed E-state index contributed by atoms with van der Waals surface area (Å²) in [5, 5.41) is 1.07. The minimum Gasteiger partial charge on any atom is -0.464 e. The Bertz CT molecular complexity index is 779. The average molecular weight is 353 g/mol. The first-order valence-corrected chi connectivity index (χ1v) is 10.2. The van der Waals surface area contributed by atoms with E-state index in [1.54, 1.807) is 6.26 Å². The zero-order valence-electron chi connectivity index (χ0n) is 15.3. The van der Waals surface area contributed by atoms with Crippen LogP contribution in [-0.4, -0.2) is 42.0 Å². The molecule has 26 heavy (non-hydrogen) atoms. The summed E-state index contributed by atoms with van der Waals surface area (Å²) in [6.45, 7) is 3.82. The van der Waals surface area contributed by atoms with E-state index in [4.69, 9.17) is 4.42 Å². The van der Waals surface area contributed by atoms with E-state index in [-0.39, 0.29) is 5.92 Å². The van der Waals surface area contributed by atoms with Crippen molar-refractivity contribution in [3.8, 4) is 0 Å². The highest BCUT2D eigenvalue weighted by Crippen LogP contribution is 2.37. The lowest BCUT2D eigenvalue weighted by molar-refractivity contribution is -0.135. The van der Waals surface area contributed by atoms with Gasteiger partial charge in [-0.3, -0.25) is 4.79 Å². The molecule has 0 aromatic carbocycles. The number of aromatic nitrogens is 1. The fourth-order valence-electron chi connectivity index (χ4n) is 5.31. The van der Waals surface area contributed by atoms with Gasteiger partial charge in [0, 0.05) is 38.3 Å². The first-order valence-electron chi connectivity index (χ1n) is 10.2. The Morgan fingerprint density at radius 3 is 2.50 bits per heavy atom. The van der Waals surface area contributed by atoms with Crippen LogP contribution in [0.5, 0.6) is 0 Å². The number of anilines is 1. The van der Waals surface area contributed by atoms with Crippen LogP contribution in [0.4, 0.5) is 5.82 Å². The van der Waals surface area contributed by atoms with Crippen LogP contribution in [0.3, 0.4) is 0 Å². The standard InChI is InChI=1S/C21H27N3O2/c25-21(24-13-16-3-1-2-4-17(16)14-24)15-6-10-23(11-7-15)20-18-8-12-26-19(18)5-9-22-20/h5,8-9,12,15-17H,1-4,6-7,10-11,13-14H2. The van der Waals surface area contributed by atoms with Crippen molar-refractivity contribution in [1.82, 2.24) is 9.88 Å². The number of fused-ring (bicyclic) bond motifs is 2. The molecular weight excluding hydrogens is 326 g/mol. The maximum Gasteiger partial charge on any atom is 0.225 e. The van der Waals surface area contributed by atoms with Crippen LogP contribution in [0.25, 0.3) is 11.0 Å². The number of carbonyl (C=O) groups excluding carboxylic acids is 1. The third kappa shape index (κ3) is 2.78. The molecule has 4 heterocycles. The molecule has 5 nitrogen and oxygen atoms in total. The molecule has 0 bridgehead atoms. The van der Waals surface area contributed by atoms with Crippen LogP contribution in [0.1, 0.15) is 38.5 Å². The van der Waals surface area contributed by atoms with Crippen molar-refractivity contribution in [3.05, 3.63) is 24.6 Å². The third-order valence-electron chi connectivity index (χ3n) is 6.79. The number of nitrogens with zero attached hydrogens (tertiary/aromatic N) is 3. The predicted molar refractivity (Wildman–Crippen MR) is 101 cm³/mol. The Morgan fingerprint density at radius 1 is 1.04 bits per heavy atom. The van der Waals surface area contributed by atoms with Gasteiger partial charge in [-0.15, -0.1) is 0 Å². The quantitative estimate of drug-likeness (QED) is 0.826. The molecule has 2 aliphatic heterocycles. The van der Waals surface area contributed by atoms with Gasteiger partial charge in [-0.2, -0.15) is 0 Å². The smallest absolute Gasteiger partial charge is 0.225 e. The molecule has 2 aromatic rings. The molecule has 5 heteroatoms. The van der Waals surface area contributed by atoms with Crippen molar-refractivity contribution in [2.75, 3.05) is 31.1 Å². The fourth-order valence-corrected chi connectivity index (χ4v) is 5.31. The zero-order chi connectivity index (χ0) is 17.5. The molecule has 3 aliphatic rings. The average Bonchev–Trinajstić information content (AvgIpc) is 3.34. The summed E-state index contributed by atoms with van der Waals surface area (Å²) < 4.78 is 5.50. The van der Waals surface area contributed by atoms with Crippen LogP contribution in [0, 0.1) is 17.8 Å². The zero-order valence-corrected chi connectivity index (χ0v) is 15.3. The van der Waals surface area contributed by atoms with Gasteiger partial charge in [-0.25, -0.2) is 4.98 Å². The molecule has 0 N–H and O–H groups in total. The Labute approximate surface area is 154 Å². The Hall–Kier alpha value is -2.04. The topological polar surface area (TPSA) is 49.6 Å². The van der Waals surface area contributed by atoms with Crippen LogP contribution in [0.2, 0.25) is 0 Å². The molecule has 0 spiro atoms. The minimum absolute atomic E-state index is 0.190. The molecular formula is C21H27N3O2. The molecule has 2 unspecified atom stereocenters. The maximum absolute atomic E-state index is 13.0. The van der Waals surface area contributed by atoms with Gasteiger partial charge in [0.05, 0.1) is 11.6 Å². The molecule has 2 atom stereocenters. The van der Waals surface area contributed by atoms with Crippen molar-refractivity contribution in [3.63, 3.8) is 0 Å². The Kier molecular flexibility index (Phi) is 4.10. The molecule has 138 valence electrons. The largest absolute Gasteiger partial charge is 0.464 e. The highest BCUT2D eigenvalue weighted by atomic mass is 16.3. The minimum atomic E-state index is 0.190. The summed E-state index contributed by atoms with van der Waals surface area (Å²) in [5.41, 5.74) is 0.882. The van der Waals surface area contributed by atoms with Gasteiger partial charge in [0.25, 0.3) is 0 Å². The predicted octanol–water partition coefficient (Wildman–Crippen LogP) is 3.69. The van der Waals surface area contributed by atoms with Crippen LogP contribution in [0.15, 0.2) is 29.0 Å². The van der Waals surface area contributed by atoms with Gasteiger partial charge < -0.3 is 14.2 Å². The van der Waals surface area contributed by atoms with Gasteiger partial charge in [0.2, 0.25) is 5.91 Å². The van der Waals surface area contributed by atoms with E-state index in [2.05, 4.69) is 14.8 Å². The number of furan rings is 1. The number of amides is 1. The van der Waals surface area contributed by atoms with E-state index in [9.17, 15) is 4.79 Å². The molecule has 1 amide bonds. The summed E-state index contributed by atoms with van der Waals surface area (Å²) in [5.74, 6) is 3.14. The molecule has 1 aliphatic carbocycles. The highest BCUT2D eigenvalue weighted by molar-refractivity contribution is 5.88. The fraction of sp³-hybridized carbons (Fsp3) is 0.619. The monoisotopic (exact) mass is 353 g/mol. The van der Waals surface area contributed by atoms with Gasteiger partial charge in [-0.05, 0) is 49.7 Å². The second kappa shape index (κ2) is 6.60. The van der Waals surface area contributed by atoms with Gasteiger partial charge in [0.1, 0.15) is 11.4 Å². The second-order valence-corrected chi connectivity index (χ2v) is 8.28. The summed E-state index contributed by atoms with van der Waals surface area (Å²) in [4.78, 5) is 22.1.